The Morgan fingerprint density at radius 1 is 1.45 bits per heavy atom. The summed E-state index contributed by atoms with van der Waals surface area (Å²) < 4.78 is 2.36. The molecule has 0 fully saturated rings. The Kier molecular flexibility index (Phi) is 3.54. The lowest BCUT2D eigenvalue weighted by Gasteiger charge is -2.08. The van der Waals surface area contributed by atoms with Crippen LogP contribution in [0.2, 0.25) is 0 Å². The molecule has 3 aromatic rings. The van der Waals surface area contributed by atoms with Gasteiger partial charge in [0.2, 0.25) is 5.16 Å². The molecular formula is C13H9BrN4OS. The highest BCUT2D eigenvalue weighted by Crippen LogP contribution is 2.24. The van der Waals surface area contributed by atoms with Gasteiger partial charge in [-0.05, 0) is 23.2 Å². The third kappa shape index (κ3) is 2.34. The van der Waals surface area contributed by atoms with Crippen LogP contribution in [0.5, 0.6) is 5.88 Å². The summed E-state index contributed by atoms with van der Waals surface area (Å²) in [5.74, 6) is 0.343. The summed E-state index contributed by atoms with van der Waals surface area (Å²) in [4.78, 5) is 8.30. The van der Waals surface area contributed by atoms with Gasteiger partial charge in [0.25, 0.3) is 0 Å². The van der Waals surface area contributed by atoms with Gasteiger partial charge in [-0.3, -0.25) is 0 Å². The molecule has 20 heavy (non-hydrogen) atoms. The Balaban J connectivity index is 2.28. The number of aromatic nitrogens is 4. The Bertz CT molecular complexity index is 824. The summed E-state index contributed by atoms with van der Waals surface area (Å²) in [6, 6.07) is 5.57. The molecule has 0 aliphatic carbocycles. The van der Waals surface area contributed by atoms with E-state index in [4.69, 9.17) is 0 Å². The number of benzene rings is 1. The standard InChI is InChI=1S/C13H9BrN4OS/c1-2-5-20-13-16-12(19)11-9-6-8(14)3-4-10(9)15-7-18(11)17-13/h2-4,6-7H,1,5H2. The number of fused-ring (bicyclic) bond motifs is 3. The zero-order valence-corrected chi connectivity index (χ0v) is 12.7. The Labute approximate surface area is 127 Å². The number of hydrogen-bond acceptors (Lipinski definition) is 5. The molecular weight excluding hydrogens is 340 g/mol. The van der Waals surface area contributed by atoms with Crippen LogP contribution in [-0.4, -0.2) is 20.8 Å². The molecule has 0 radical (unpaired) electrons. The third-order valence-electron chi connectivity index (χ3n) is 2.67. The summed E-state index contributed by atoms with van der Waals surface area (Å²) in [5, 5.41) is 17.7. The van der Waals surface area contributed by atoms with Crippen molar-refractivity contribution < 1.29 is 9.62 Å². The van der Waals surface area contributed by atoms with Crippen molar-refractivity contribution in [2.24, 2.45) is 0 Å². The van der Waals surface area contributed by atoms with Crippen molar-refractivity contribution in [2.45, 2.75) is 5.16 Å². The molecule has 0 saturated carbocycles. The monoisotopic (exact) mass is 348 g/mol. The first kappa shape index (κ1) is 13.3. The molecule has 0 N–H and O–H groups in total. The Morgan fingerprint density at radius 2 is 2.30 bits per heavy atom. The van der Waals surface area contributed by atoms with Crippen LogP contribution in [0.15, 0.2) is 46.8 Å². The smallest absolute Gasteiger partial charge is 0.312 e. The molecule has 2 heterocycles. The second-order valence-corrected chi connectivity index (χ2v) is 5.90. The highest BCUT2D eigenvalue weighted by atomic mass is 79.9. The first-order valence-corrected chi connectivity index (χ1v) is 7.55. The fraction of sp³-hybridized carbons (Fsp3) is 0.0769. The van der Waals surface area contributed by atoms with Crippen molar-refractivity contribution >= 4 is 44.1 Å². The van der Waals surface area contributed by atoms with Gasteiger partial charge in [0.1, 0.15) is 0 Å². The van der Waals surface area contributed by atoms with E-state index >= 15 is 0 Å². The maximum Gasteiger partial charge on any atom is 0.312 e. The van der Waals surface area contributed by atoms with E-state index in [-0.39, 0.29) is 5.88 Å². The van der Waals surface area contributed by atoms with E-state index in [0.717, 1.165) is 15.4 Å². The van der Waals surface area contributed by atoms with Gasteiger partial charge in [-0.1, -0.05) is 43.4 Å². The van der Waals surface area contributed by atoms with Crippen LogP contribution in [0.4, 0.5) is 0 Å². The minimum atomic E-state index is -0.308. The molecule has 0 saturated heterocycles. The largest absolute Gasteiger partial charge is 0.856 e. The zero-order valence-electron chi connectivity index (χ0n) is 10.3. The highest BCUT2D eigenvalue weighted by molar-refractivity contribution is 9.10. The van der Waals surface area contributed by atoms with Gasteiger partial charge in [-0.15, -0.1) is 6.58 Å². The van der Waals surface area contributed by atoms with Crippen LogP contribution in [0.25, 0.3) is 16.4 Å². The highest BCUT2D eigenvalue weighted by Gasteiger charge is 2.13. The van der Waals surface area contributed by atoms with E-state index in [0.29, 0.717) is 16.4 Å². The van der Waals surface area contributed by atoms with Crippen molar-refractivity contribution in [1.82, 2.24) is 15.1 Å². The molecule has 0 bridgehead atoms. The van der Waals surface area contributed by atoms with Crippen molar-refractivity contribution in [2.75, 3.05) is 5.75 Å². The first-order valence-electron chi connectivity index (χ1n) is 5.77. The van der Waals surface area contributed by atoms with Gasteiger partial charge in [0.05, 0.1) is 5.39 Å². The topological polar surface area (TPSA) is 65.8 Å². The van der Waals surface area contributed by atoms with E-state index in [2.05, 4.69) is 37.6 Å². The van der Waals surface area contributed by atoms with E-state index in [1.54, 1.807) is 6.08 Å². The quantitative estimate of drug-likeness (QED) is 0.313. The third-order valence-corrected chi connectivity index (χ3v) is 4.00. The summed E-state index contributed by atoms with van der Waals surface area (Å²) in [6.45, 7) is 3.63. The molecule has 0 unspecified atom stereocenters. The van der Waals surface area contributed by atoms with Crippen molar-refractivity contribution in [3.05, 3.63) is 41.7 Å². The SMILES string of the molecule is C=CCSc1nc([O-])c2c3cc(Br)ccc3nc[n+]2n1. The van der Waals surface area contributed by atoms with Crippen LogP contribution >= 0.6 is 27.7 Å². The molecule has 0 amide bonds. The second kappa shape index (κ2) is 5.34. The maximum atomic E-state index is 12.2. The van der Waals surface area contributed by atoms with Crippen LogP contribution in [0.3, 0.4) is 0 Å². The molecule has 5 nitrogen and oxygen atoms in total. The zero-order chi connectivity index (χ0) is 14.1. The molecule has 7 heteroatoms. The number of halogens is 1. The first-order chi connectivity index (χ1) is 9.69. The molecule has 0 aliphatic heterocycles. The molecule has 100 valence electrons. The summed E-state index contributed by atoms with van der Waals surface area (Å²) in [6.07, 6.45) is 3.27. The lowest BCUT2D eigenvalue weighted by molar-refractivity contribution is -0.591. The number of thioether (sulfide) groups is 1. The summed E-state index contributed by atoms with van der Waals surface area (Å²) in [7, 11) is 0. The van der Waals surface area contributed by atoms with Gasteiger partial charge >= 0.3 is 6.33 Å². The van der Waals surface area contributed by atoms with Crippen LogP contribution in [0, 0.1) is 0 Å². The van der Waals surface area contributed by atoms with Gasteiger partial charge in [-0.2, -0.15) is 0 Å². The van der Waals surface area contributed by atoms with Crippen LogP contribution in [0.1, 0.15) is 0 Å². The minimum absolute atomic E-state index is 0.308. The van der Waals surface area contributed by atoms with Gasteiger partial charge in [-0.25, -0.2) is 4.98 Å². The predicted molar refractivity (Wildman–Crippen MR) is 78.6 cm³/mol. The molecule has 1 aromatic carbocycles. The fourth-order valence-corrected chi connectivity index (χ4v) is 2.77. The van der Waals surface area contributed by atoms with E-state index in [1.807, 2.05) is 18.2 Å². The molecule has 0 atom stereocenters. The van der Waals surface area contributed by atoms with Gasteiger partial charge in [0.15, 0.2) is 11.0 Å². The molecule has 0 spiro atoms. The second-order valence-electron chi connectivity index (χ2n) is 4.00. The molecule has 3 rings (SSSR count). The average molecular weight is 349 g/mol. The van der Waals surface area contributed by atoms with Crippen molar-refractivity contribution in [3.8, 4) is 5.88 Å². The normalized spacial score (nSPS) is 11.1. The lowest BCUT2D eigenvalue weighted by Crippen LogP contribution is -2.30. The number of nitrogens with zero attached hydrogens (tertiary/aromatic N) is 4. The lowest BCUT2D eigenvalue weighted by atomic mass is 10.2. The maximum absolute atomic E-state index is 12.2. The van der Waals surface area contributed by atoms with E-state index in [1.165, 1.54) is 22.6 Å². The van der Waals surface area contributed by atoms with Crippen LogP contribution in [-0.2, 0) is 0 Å². The van der Waals surface area contributed by atoms with Gasteiger partial charge in [0, 0.05) is 16.1 Å². The van der Waals surface area contributed by atoms with E-state index in [9.17, 15) is 5.11 Å². The minimum Gasteiger partial charge on any atom is -0.856 e. The van der Waals surface area contributed by atoms with Gasteiger partial charge < -0.3 is 5.11 Å². The summed E-state index contributed by atoms with van der Waals surface area (Å²) in [5.41, 5.74) is 1.17. The molecule has 0 aliphatic rings. The Morgan fingerprint density at radius 3 is 3.10 bits per heavy atom. The predicted octanol–water partition coefficient (Wildman–Crippen LogP) is 1.88. The van der Waals surface area contributed by atoms with Crippen molar-refractivity contribution in [1.29, 1.82) is 0 Å². The summed E-state index contributed by atoms with van der Waals surface area (Å²) >= 11 is 4.76. The van der Waals surface area contributed by atoms with E-state index < -0.39 is 0 Å². The average Bonchev–Trinajstić information content (AvgIpc) is 2.44. The van der Waals surface area contributed by atoms with Crippen molar-refractivity contribution in [3.63, 3.8) is 0 Å². The number of hydrogen-bond donors (Lipinski definition) is 0. The van der Waals surface area contributed by atoms with Crippen LogP contribution < -0.4 is 9.62 Å². The fourth-order valence-electron chi connectivity index (χ4n) is 1.85. The Hall–Kier alpha value is -1.73. The number of rotatable bonds is 3. The molecule has 2 aromatic heterocycles.